The normalized spacial score (nSPS) is 12.6. The molecule has 1 heterocycles. The highest BCUT2D eigenvalue weighted by Gasteiger charge is 1.94. The van der Waals surface area contributed by atoms with E-state index in [4.69, 9.17) is 4.74 Å². The van der Waals surface area contributed by atoms with Crippen LogP contribution in [-0.4, -0.2) is 25.8 Å². The second kappa shape index (κ2) is 12.7. The molecule has 0 aromatic heterocycles. The quantitative estimate of drug-likeness (QED) is 0.705. The Morgan fingerprint density at radius 1 is 1.06 bits per heavy atom. The Morgan fingerprint density at radius 3 is 1.59 bits per heavy atom. The first-order valence-electron chi connectivity index (χ1n) is 5.98. The van der Waals surface area contributed by atoms with E-state index in [2.05, 4.69) is 4.74 Å². The molecule has 3 nitrogen and oxygen atoms in total. The molecular formula is C14H22O3. The van der Waals surface area contributed by atoms with Gasteiger partial charge in [-0.2, -0.15) is 0 Å². The summed E-state index contributed by atoms with van der Waals surface area (Å²) in [6.07, 6.45) is 2.56. The van der Waals surface area contributed by atoms with Crippen molar-refractivity contribution in [3.8, 4) is 0 Å². The smallest absolute Gasteiger partial charge is 0.302 e. The fourth-order valence-electron chi connectivity index (χ4n) is 1.10. The second-order valence-electron chi connectivity index (χ2n) is 3.40. The lowest BCUT2D eigenvalue weighted by Crippen LogP contribution is -1.95. The van der Waals surface area contributed by atoms with Crippen LogP contribution in [0.1, 0.15) is 26.7 Å². The van der Waals surface area contributed by atoms with Gasteiger partial charge in [-0.15, -0.1) is 0 Å². The van der Waals surface area contributed by atoms with E-state index in [0.29, 0.717) is 6.61 Å². The Balaban J connectivity index is 0.000000227. The highest BCUT2D eigenvalue weighted by atomic mass is 16.5. The Labute approximate surface area is 104 Å². The highest BCUT2D eigenvalue weighted by molar-refractivity contribution is 5.65. The van der Waals surface area contributed by atoms with E-state index in [1.54, 1.807) is 6.92 Å². The lowest BCUT2D eigenvalue weighted by Gasteiger charge is -1.89. The number of esters is 1. The maximum atomic E-state index is 9.82. The average Bonchev–Trinajstić information content (AvgIpc) is 2.90. The van der Waals surface area contributed by atoms with Gasteiger partial charge in [-0.3, -0.25) is 4.79 Å². The topological polar surface area (TPSA) is 35.5 Å². The van der Waals surface area contributed by atoms with Gasteiger partial charge in [0.05, 0.1) is 6.61 Å². The lowest BCUT2D eigenvalue weighted by molar-refractivity contribution is -0.140. The fraction of sp³-hybridized carbons (Fsp3) is 0.500. The third-order valence-corrected chi connectivity index (χ3v) is 1.84. The van der Waals surface area contributed by atoms with Gasteiger partial charge >= 0.3 is 5.97 Å². The van der Waals surface area contributed by atoms with Gasteiger partial charge < -0.3 is 9.47 Å². The molecule has 0 N–H and O–H groups in total. The molecule has 96 valence electrons. The monoisotopic (exact) mass is 238 g/mol. The molecule has 1 aliphatic heterocycles. The van der Waals surface area contributed by atoms with Crippen LogP contribution in [-0.2, 0) is 14.3 Å². The predicted octanol–water partition coefficient (Wildman–Crippen LogP) is 3.05. The molecule has 1 aromatic rings. The molecule has 0 spiro atoms. The first-order valence-corrected chi connectivity index (χ1v) is 5.98. The Kier molecular flexibility index (Phi) is 11.7. The van der Waals surface area contributed by atoms with E-state index < -0.39 is 0 Å². The van der Waals surface area contributed by atoms with Crippen molar-refractivity contribution in [2.75, 3.05) is 19.8 Å². The summed E-state index contributed by atoms with van der Waals surface area (Å²) in [6, 6.07) is 12.0. The number of carbonyl (C=O) groups is 1. The van der Waals surface area contributed by atoms with Gasteiger partial charge in [-0.1, -0.05) is 36.4 Å². The number of rotatable bonds is 1. The first kappa shape index (κ1) is 15.7. The molecule has 1 saturated heterocycles. The lowest BCUT2D eigenvalue weighted by atomic mass is 10.4. The van der Waals surface area contributed by atoms with E-state index in [9.17, 15) is 4.79 Å². The summed E-state index contributed by atoms with van der Waals surface area (Å²) in [5.41, 5.74) is 0. The standard InChI is InChI=1S/C6H6.C4H8O2.C4H8O/c1-2-4-6-5-3-1;1-3-6-4(2)5;1-2-4-5-3-1/h1-6H;3H2,1-2H3;1-4H2. The largest absolute Gasteiger partial charge is 0.466 e. The zero-order valence-electron chi connectivity index (χ0n) is 10.7. The van der Waals surface area contributed by atoms with Crippen molar-refractivity contribution in [2.45, 2.75) is 26.7 Å². The van der Waals surface area contributed by atoms with Crippen LogP contribution in [0.25, 0.3) is 0 Å². The zero-order chi connectivity index (χ0) is 12.8. The molecule has 1 fully saturated rings. The zero-order valence-corrected chi connectivity index (χ0v) is 10.7. The summed E-state index contributed by atoms with van der Waals surface area (Å²) in [7, 11) is 0. The summed E-state index contributed by atoms with van der Waals surface area (Å²) in [5, 5.41) is 0. The molecule has 0 bridgehead atoms. The molecule has 0 atom stereocenters. The summed E-state index contributed by atoms with van der Waals surface area (Å²) >= 11 is 0. The number of carbonyl (C=O) groups excluding carboxylic acids is 1. The molecule has 0 unspecified atom stereocenters. The van der Waals surface area contributed by atoms with Crippen LogP contribution >= 0.6 is 0 Å². The maximum absolute atomic E-state index is 9.82. The maximum Gasteiger partial charge on any atom is 0.302 e. The summed E-state index contributed by atoms with van der Waals surface area (Å²) in [4.78, 5) is 9.82. The van der Waals surface area contributed by atoms with Crippen LogP contribution in [0.3, 0.4) is 0 Å². The van der Waals surface area contributed by atoms with Gasteiger partial charge in [0.2, 0.25) is 0 Å². The van der Waals surface area contributed by atoms with Crippen LogP contribution in [0.2, 0.25) is 0 Å². The molecule has 0 saturated carbocycles. The Hall–Kier alpha value is -1.35. The molecule has 1 aromatic carbocycles. The van der Waals surface area contributed by atoms with Crippen molar-refractivity contribution in [1.82, 2.24) is 0 Å². The van der Waals surface area contributed by atoms with Gasteiger partial charge in [-0.05, 0) is 19.8 Å². The van der Waals surface area contributed by atoms with Crippen LogP contribution < -0.4 is 0 Å². The SMILES string of the molecule is C1CCOC1.CCOC(C)=O.c1ccccc1. The molecule has 17 heavy (non-hydrogen) atoms. The van der Waals surface area contributed by atoms with Crippen molar-refractivity contribution in [3.63, 3.8) is 0 Å². The molecular weight excluding hydrogens is 216 g/mol. The van der Waals surface area contributed by atoms with Crippen molar-refractivity contribution in [1.29, 1.82) is 0 Å². The molecule has 0 aliphatic carbocycles. The third kappa shape index (κ3) is 14.7. The molecule has 2 rings (SSSR count). The summed E-state index contributed by atoms with van der Waals surface area (Å²) in [5.74, 6) is -0.211. The van der Waals surface area contributed by atoms with E-state index in [1.807, 2.05) is 36.4 Å². The van der Waals surface area contributed by atoms with Gasteiger partial charge in [-0.25, -0.2) is 0 Å². The Bertz CT molecular complexity index is 221. The van der Waals surface area contributed by atoms with Gasteiger partial charge in [0.25, 0.3) is 0 Å². The van der Waals surface area contributed by atoms with Crippen LogP contribution in [0.4, 0.5) is 0 Å². The number of hydrogen-bond acceptors (Lipinski definition) is 3. The predicted molar refractivity (Wildman–Crippen MR) is 68.8 cm³/mol. The van der Waals surface area contributed by atoms with Crippen molar-refractivity contribution < 1.29 is 14.3 Å². The molecule has 3 heteroatoms. The first-order chi connectivity index (χ1) is 8.27. The minimum Gasteiger partial charge on any atom is -0.466 e. The second-order valence-corrected chi connectivity index (χ2v) is 3.40. The average molecular weight is 238 g/mol. The van der Waals surface area contributed by atoms with Crippen molar-refractivity contribution in [3.05, 3.63) is 36.4 Å². The Morgan fingerprint density at radius 2 is 1.47 bits per heavy atom. The van der Waals surface area contributed by atoms with E-state index in [0.717, 1.165) is 13.2 Å². The fourth-order valence-corrected chi connectivity index (χ4v) is 1.10. The van der Waals surface area contributed by atoms with Gasteiger partial charge in [0.1, 0.15) is 0 Å². The summed E-state index contributed by atoms with van der Waals surface area (Å²) in [6.45, 7) is 5.65. The number of hydrogen-bond donors (Lipinski definition) is 0. The molecule has 0 amide bonds. The molecule has 1 aliphatic rings. The van der Waals surface area contributed by atoms with E-state index >= 15 is 0 Å². The minimum atomic E-state index is -0.211. The number of benzene rings is 1. The minimum absolute atomic E-state index is 0.211. The highest BCUT2D eigenvalue weighted by Crippen LogP contribution is 1.98. The third-order valence-electron chi connectivity index (χ3n) is 1.84. The summed E-state index contributed by atoms with van der Waals surface area (Å²) < 4.78 is 9.35. The van der Waals surface area contributed by atoms with E-state index in [1.165, 1.54) is 19.8 Å². The van der Waals surface area contributed by atoms with E-state index in [-0.39, 0.29) is 5.97 Å². The van der Waals surface area contributed by atoms with Gasteiger partial charge in [0.15, 0.2) is 0 Å². The van der Waals surface area contributed by atoms with Crippen LogP contribution in [0.15, 0.2) is 36.4 Å². The van der Waals surface area contributed by atoms with Crippen molar-refractivity contribution in [2.24, 2.45) is 0 Å². The van der Waals surface area contributed by atoms with Gasteiger partial charge in [0, 0.05) is 20.1 Å². The van der Waals surface area contributed by atoms with Crippen LogP contribution in [0, 0.1) is 0 Å². The van der Waals surface area contributed by atoms with Crippen LogP contribution in [0.5, 0.6) is 0 Å². The van der Waals surface area contributed by atoms with Crippen molar-refractivity contribution >= 4 is 5.97 Å². The number of ether oxygens (including phenoxy) is 2. The molecule has 0 radical (unpaired) electrons.